The lowest BCUT2D eigenvalue weighted by Crippen LogP contribution is -2.11. The highest BCUT2D eigenvalue weighted by atomic mass is 32.1. The van der Waals surface area contributed by atoms with E-state index in [9.17, 15) is 0 Å². The van der Waals surface area contributed by atoms with Crippen molar-refractivity contribution in [3.05, 3.63) is 45.4 Å². The molecule has 0 atom stereocenters. The quantitative estimate of drug-likeness (QED) is 0.778. The molecular formula is C16H19N3S2. The SMILES string of the molecule is CC(C)(C)c1ncc(CNCc2nc3ccccc3s2)s1. The molecule has 0 fully saturated rings. The average molecular weight is 317 g/mol. The van der Waals surface area contributed by atoms with Crippen LogP contribution in [0, 0.1) is 0 Å². The number of hydrogen-bond donors (Lipinski definition) is 1. The summed E-state index contributed by atoms with van der Waals surface area (Å²) >= 11 is 3.55. The summed E-state index contributed by atoms with van der Waals surface area (Å²) in [5, 5.41) is 5.79. The fraction of sp³-hybridized carbons (Fsp3) is 0.375. The normalized spacial score (nSPS) is 12.1. The van der Waals surface area contributed by atoms with Crippen molar-refractivity contribution in [3.63, 3.8) is 0 Å². The van der Waals surface area contributed by atoms with E-state index in [-0.39, 0.29) is 5.41 Å². The van der Waals surface area contributed by atoms with E-state index in [1.165, 1.54) is 14.6 Å². The largest absolute Gasteiger partial charge is 0.305 e. The van der Waals surface area contributed by atoms with Crippen LogP contribution < -0.4 is 5.32 Å². The molecule has 0 spiro atoms. The van der Waals surface area contributed by atoms with Gasteiger partial charge in [0.2, 0.25) is 0 Å². The molecule has 3 aromatic rings. The number of hydrogen-bond acceptors (Lipinski definition) is 5. The first-order valence-electron chi connectivity index (χ1n) is 7.03. The maximum absolute atomic E-state index is 4.63. The van der Waals surface area contributed by atoms with E-state index in [1.54, 1.807) is 22.7 Å². The number of fused-ring (bicyclic) bond motifs is 1. The maximum atomic E-state index is 4.63. The van der Waals surface area contributed by atoms with Gasteiger partial charge >= 0.3 is 0 Å². The van der Waals surface area contributed by atoms with Gasteiger partial charge in [-0.2, -0.15) is 0 Å². The number of benzene rings is 1. The topological polar surface area (TPSA) is 37.8 Å². The highest BCUT2D eigenvalue weighted by molar-refractivity contribution is 7.18. The molecule has 1 N–H and O–H groups in total. The number of nitrogens with one attached hydrogen (secondary N) is 1. The number of thiazole rings is 2. The lowest BCUT2D eigenvalue weighted by atomic mass is 9.98. The Balaban J connectivity index is 1.59. The third-order valence-corrected chi connectivity index (χ3v) is 5.57. The molecule has 0 aliphatic carbocycles. The molecular weight excluding hydrogens is 298 g/mol. The van der Waals surface area contributed by atoms with Gasteiger partial charge in [-0.15, -0.1) is 22.7 Å². The molecule has 0 saturated carbocycles. The number of aromatic nitrogens is 2. The van der Waals surface area contributed by atoms with Crippen molar-refractivity contribution in [2.75, 3.05) is 0 Å². The Labute approximate surface area is 133 Å². The van der Waals surface area contributed by atoms with Gasteiger partial charge in [-0.3, -0.25) is 0 Å². The molecule has 5 heteroatoms. The predicted molar refractivity (Wildman–Crippen MR) is 91.0 cm³/mol. The van der Waals surface area contributed by atoms with Crippen molar-refractivity contribution in [2.24, 2.45) is 0 Å². The zero-order chi connectivity index (χ0) is 14.9. The van der Waals surface area contributed by atoms with Gasteiger partial charge in [-0.1, -0.05) is 32.9 Å². The molecule has 2 aromatic heterocycles. The summed E-state index contributed by atoms with van der Waals surface area (Å²) in [4.78, 5) is 10.4. The zero-order valence-electron chi connectivity index (χ0n) is 12.5. The van der Waals surface area contributed by atoms with E-state index in [4.69, 9.17) is 0 Å². The molecule has 2 heterocycles. The lowest BCUT2D eigenvalue weighted by Gasteiger charge is -2.13. The molecule has 3 rings (SSSR count). The van der Waals surface area contributed by atoms with Crippen LogP contribution in [0.25, 0.3) is 10.2 Å². The lowest BCUT2D eigenvalue weighted by molar-refractivity contribution is 0.585. The summed E-state index contributed by atoms with van der Waals surface area (Å²) in [6.45, 7) is 8.25. The van der Waals surface area contributed by atoms with Gasteiger partial charge in [0.15, 0.2) is 0 Å². The van der Waals surface area contributed by atoms with Crippen LogP contribution in [-0.2, 0) is 18.5 Å². The second kappa shape index (κ2) is 5.83. The molecule has 0 radical (unpaired) electrons. The van der Waals surface area contributed by atoms with E-state index >= 15 is 0 Å². The molecule has 0 aliphatic heterocycles. The minimum absolute atomic E-state index is 0.135. The molecule has 110 valence electrons. The van der Waals surface area contributed by atoms with Gasteiger partial charge in [-0.05, 0) is 12.1 Å². The molecule has 0 unspecified atom stereocenters. The van der Waals surface area contributed by atoms with Gasteiger partial charge in [0.05, 0.1) is 15.2 Å². The summed E-state index contributed by atoms with van der Waals surface area (Å²) in [7, 11) is 0. The van der Waals surface area contributed by atoms with Crippen LogP contribution in [0.2, 0.25) is 0 Å². The van der Waals surface area contributed by atoms with Crippen molar-refractivity contribution < 1.29 is 0 Å². The minimum atomic E-state index is 0.135. The zero-order valence-corrected chi connectivity index (χ0v) is 14.1. The first kappa shape index (κ1) is 14.6. The van der Waals surface area contributed by atoms with Crippen molar-refractivity contribution in [1.82, 2.24) is 15.3 Å². The molecule has 1 aromatic carbocycles. The van der Waals surface area contributed by atoms with Gasteiger partial charge < -0.3 is 5.32 Å². The average Bonchev–Trinajstić information content (AvgIpc) is 3.03. The van der Waals surface area contributed by atoms with E-state index in [2.05, 4.69) is 54.3 Å². The summed E-state index contributed by atoms with van der Waals surface area (Å²) in [5.74, 6) is 0. The third-order valence-electron chi connectivity index (χ3n) is 3.11. The summed E-state index contributed by atoms with van der Waals surface area (Å²) < 4.78 is 1.25. The van der Waals surface area contributed by atoms with E-state index < -0.39 is 0 Å². The first-order valence-corrected chi connectivity index (χ1v) is 8.66. The van der Waals surface area contributed by atoms with Crippen molar-refractivity contribution in [1.29, 1.82) is 0 Å². The Hall–Kier alpha value is -1.30. The van der Waals surface area contributed by atoms with E-state index in [0.29, 0.717) is 0 Å². The Morgan fingerprint density at radius 2 is 1.90 bits per heavy atom. The van der Waals surface area contributed by atoms with Crippen LogP contribution in [-0.4, -0.2) is 9.97 Å². The Bertz CT molecular complexity index is 704. The fourth-order valence-electron chi connectivity index (χ4n) is 2.02. The van der Waals surface area contributed by atoms with Gasteiger partial charge in [0, 0.05) is 29.6 Å². The number of rotatable bonds is 4. The predicted octanol–water partition coefficient (Wildman–Crippen LogP) is 4.34. The monoisotopic (exact) mass is 317 g/mol. The fourth-order valence-corrected chi connectivity index (χ4v) is 3.90. The Morgan fingerprint density at radius 3 is 2.62 bits per heavy atom. The first-order chi connectivity index (χ1) is 10.0. The summed E-state index contributed by atoms with van der Waals surface area (Å²) in [6, 6.07) is 8.27. The van der Waals surface area contributed by atoms with E-state index in [0.717, 1.165) is 23.6 Å². The number of nitrogens with zero attached hydrogens (tertiary/aromatic N) is 2. The minimum Gasteiger partial charge on any atom is -0.305 e. The highest BCUT2D eigenvalue weighted by Crippen LogP contribution is 2.27. The molecule has 0 saturated heterocycles. The second-order valence-corrected chi connectivity index (χ2v) is 8.29. The van der Waals surface area contributed by atoms with Crippen LogP contribution in [0.5, 0.6) is 0 Å². The molecule has 0 bridgehead atoms. The third kappa shape index (κ3) is 3.48. The van der Waals surface area contributed by atoms with E-state index in [1.807, 2.05) is 12.3 Å². The highest BCUT2D eigenvalue weighted by Gasteiger charge is 2.17. The van der Waals surface area contributed by atoms with Crippen LogP contribution in [0.3, 0.4) is 0 Å². The van der Waals surface area contributed by atoms with Crippen molar-refractivity contribution >= 4 is 32.9 Å². The standard InChI is InChI=1S/C16H19N3S2/c1-16(2,3)15-18-9-11(20-15)8-17-10-14-19-12-6-4-5-7-13(12)21-14/h4-7,9,17H,8,10H2,1-3H3. The Morgan fingerprint density at radius 1 is 1.10 bits per heavy atom. The van der Waals surface area contributed by atoms with Crippen LogP contribution in [0.1, 0.15) is 35.7 Å². The van der Waals surface area contributed by atoms with Crippen LogP contribution in [0.15, 0.2) is 30.5 Å². The van der Waals surface area contributed by atoms with Gasteiger partial charge in [0.25, 0.3) is 0 Å². The Kier molecular flexibility index (Phi) is 4.06. The smallest absolute Gasteiger partial charge is 0.108 e. The van der Waals surface area contributed by atoms with Crippen LogP contribution >= 0.6 is 22.7 Å². The maximum Gasteiger partial charge on any atom is 0.108 e. The summed E-state index contributed by atoms with van der Waals surface area (Å²) in [6.07, 6.45) is 1.98. The molecule has 21 heavy (non-hydrogen) atoms. The number of para-hydroxylation sites is 1. The second-order valence-electron chi connectivity index (χ2n) is 6.06. The van der Waals surface area contributed by atoms with Crippen molar-refractivity contribution in [3.8, 4) is 0 Å². The van der Waals surface area contributed by atoms with Crippen molar-refractivity contribution in [2.45, 2.75) is 39.3 Å². The van der Waals surface area contributed by atoms with Gasteiger partial charge in [0.1, 0.15) is 5.01 Å². The summed E-state index contributed by atoms with van der Waals surface area (Å²) in [5.41, 5.74) is 1.22. The molecule has 0 amide bonds. The van der Waals surface area contributed by atoms with Crippen LogP contribution in [0.4, 0.5) is 0 Å². The van der Waals surface area contributed by atoms with Gasteiger partial charge in [-0.25, -0.2) is 9.97 Å². The molecule has 3 nitrogen and oxygen atoms in total. The molecule has 0 aliphatic rings.